The minimum Gasteiger partial charge on any atom is -0.335 e. The lowest BCUT2D eigenvalue weighted by Gasteiger charge is -2.41. The Hall–Kier alpha value is -2.11. The van der Waals surface area contributed by atoms with E-state index in [2.05, 4.69) is 10.3 Å². The molecule has 120 valence electrons. The minimum atomic E-state index is -0.553. The molecule has 0 aromatic carbocycles. The summed E-state index contributed by atoms with van der Waals surface area (Å²) < 4.78 is 0. The number of aromatic nitrogens is 1. The Kier molecular flexibility index (Phi) is 4.68. The fraction of sp³-hybridized carbons (Fsp3) is 0.562. The number of hydrogen-bond donors (Lipinski definition) is 1. The molecule has 0 bridgehead atoms. The molecule has 0 radical (unpaired) electrons. The second kappa shape index (κ2) is 6.34. The molecule has 2 rings (SSSR count). The van der Waals surface area contributed by atoms with Crippen molar-refractivity contribution in [2.75, 3.05) is 9.80 Å². The van der Waals surface area contributed by atoms with Gasteiger partial charge >= 0.3 is 6.03 Å². The molecule has 1 aliphatic heterocycles. The quantitative estimate of drug-likeness (QED) is 0.933. The molecule has 0 aliphatic carbocycles. The summed E-state index contributed by atoms with van der Waals surface area (Å²) in [5.74, 6) is 0.431. The third kappa shape index (κ3) is 2.77. The van der Waals surface area contributed by atoms with Crippen LogP contribution in [0.1, 0.15) is 41.0 Å². The Balaban J connectivity index is 2.45. The highest BCUT2D eigenvalue weighted by molar-refractivity contribution is 6.11. The summed E-state index contributed by atoms with van der Waals surface area (Å²) >= 11 is 0. The predicted molar refractivity (Wildman–Crippen MR) is 87.1 cm³/mol. The summed E-state index contributed by atoms with van der Waals surface area (Å²) in [6.07, 6.45) is 2.47. The molecule has 6 heteroatoms. The highest BCUT2D eigenvalue weighted by Crippen LogP contribution is 2.35. The molecular formula is C16H24N4O2. The van der Waals surface area contributed by atoms with Gasteiger partial charge in [-0.3, -0.25) is 14.6 Å². The summed E-state index contributed by atoms with van der Waals surface area (Å²) in [5.41, 5.74) is 0.670. The number of nitrogens with one attached hydrogen (secondary N) is 1. The predicted octanol–water partition coefficient (Wildman–Crippen LogP) is 2.54. The van der Waals surface area contributed by atoms with Gasteiger partial charge in [-0.1, -0.05) is 6.92 Å². The molecule has 0 spiro atoms. The number of anilines is 2. The van der Waals surface area contributed by atoms with Crippen LogP contribution in [-0.2, 0) is 4.79 Å². The second-order valence-electron chi connectivity index (χ2n) is 5.95. The van der Waals surface area contributed by atoms with Crippen LogP contribution in [0.5, 0.6) is 0 Å². The van der Waals surface area contributed by atoms with Gasteiger partial charge < -0.3 is 5.32 Å². The first-order chi connectivity index (χ1) is 10.4. The second-order valence-corrected chi connectivity index (χ2v) is 5.95. The van der Waals surface area contributed by atoms with Crippen molar-refractivity contribution >= 4 is 23.4 Å². The monoisotopic (exact) mass is 304 g/mol. The molecule has 6 nitrogen and oxygen atoms in total. The Labute approximate surface area is 131 Å². The number of nitrogens with zero attached hydrogens (tertiary/aromatic N) is 3. The zero-order valence-corrected chi connectivity index (χ0v) is 13.8. The van der Waals surface area contributed by atoms with E-state index in [0.717, 1.165) is 6.42 Å². The Morgan fingerprint density at radius 1 is 1.41 bits per heavy atom. The first-order valence-corrected chi connectivity index (χ1v) is 7.76. The van der Waals surface area contributed by atoms with Crippen LogP contribution in [0, 0.1) is 0 Å². The lowest BCUT2D eigenvalue weighted by atomic mass is 10.1. The highest BCUT2D eigenvalue weighted by atomic mass is 16.2. The van der Waals surface area contributed by atoms with E-state index in [-0.39, 0.29) is 24.0 Å². The molecular weight excluding hydrogens is 280 g/mol. The van der Waals surface area contributed by atoms with Gasteiger partial charge in [-0.15, -0.1) is 0 Å². The van der Waals surface area contributed by atoms with Crippen LogP contribution in [0.2, 0.25) is 0 Å². The summed E-state index contributed by atoms with van der Waals surface area (Å²) in [6, 6.07) is 2.85. The normalized spacial score (nSPS) is 19.2. The van der Waals surface area contributed by atoms with Crippen molar-refractivity contribution in [3.05, 3.63) is 18.3 Å². The molecule has 0 saturated heterocycles. The van der Waals surface area contributed by atoms with Gasteiger partial charge in [-0.2, -0.15) is 0 Å². The van der Waals surface area contributed by atoms with E-state index >= 15 is 0 Å². The number of carbonyl (C=O) groups is 2. The number of hydrogen-bond acceptors (Lipinski definition) is 3. The smallest absolute Gasteiger partial charge is 0.322 e. The standard InChI is InChI=1S/C16H24N4O2/c1-6-11(4)18-16(22)20-12(5)15(21)19(10(2)3)14-13(20)8-7-9-17-14/h7-12H,6H2,1-5H3,(H,18,22). The Bertz CT molecular complexity index is 573. The van der Waals surface area contributed by atoms with Crippen LogP contribution >= 0.6 is 0 Å². The fourth-order valence-electron chi connectivity index (χ4n) is 2.55. The van der Waals surface area contributed by atoms with E-state index in [1.165, 1.54) is 4.90 Å². The summed E-state index contributed by atoms with van der Waals surface area (Å²) in [4.78, 5) is 32.7. The molecule has 2 heterocycles. The van der Waals surface area contributed by atoms with E-state index in [0.29, 0.717) is 11.5 Å². The third-order valence-electron chi connectivity index (χ3n) is 3.95. The molecule has 3 amide bonds. The first-order valence-electron chi connectivity index (χ1n) is 7.76. The SMILES string of the molecule is CCC(C)NC(=O)N1c2cccnc2N(C(C)C)C(=O)C1C. The first kappa shape index (κ1) is 16.3. The number of carbonyl (C=O) groups excluding carboxylic acids is 2. The topological polar surface area (TPSA) is 65.5 Å². The van der Waals surface area contributed by atoms with Crippen molar-refractivity contribution in [1.82, 2.24) is 10.3 Å². The van der Waals surface area contributed by atoms with Gasteiger partial charge in [0.05, 0.1) is 5.69 Å². The fourth-order valence-corrected chi connectivity index (χ4v) is 2.55. The summed E-state index contributed by atoms with van der Waals surface area (Å²) in [7, 11) is 0. The van der Waals surface area contributed by atoms with Crippen molar-refractivity contribution in [2.24, 2.45) is 0 Å². The Morgan fingerprint density at radius 3 is 2.68 bits per heavy atom. The van der Waals surface area contributed by atoms with Crippen molar-refractivity contribution in [1.29, 1.82) is 0 Å². The van der Waals surface area contributed by atoms with Gasteiger partial charge in [-0.05, 0) is 46.2 Å². The molecule has 1 N–H and O–H groups in total. The maximum atomic E-state index is 12.7. The molecule has 2 unspecified atom stereocenters. The largest absolute Gasteiger partial charge is 0.335 e. The maximum Gasteiger partial charge on any atom is 0.322 e. The zero-order valence-electron chi connectivity index (χ0n) is 13.8. The molecule has 1 aliphatic rings. The molecule has 1 aromatic heterocycles. The summed E-state index contributed by atoms with van der Waals surface area (Å²) in [6.45, 7) is 9.59. The average Bonchev–Trinajstić information content (AvgIpc) is 2.47. The van der Waals surface area contributed by atoms with E-state index in [1.807, 2.05) is 33.8 Å². The van der Waals surface area contributed by atoms with Crippen molar-refractivity contribution < 1.29 is 9.59 Å². The molecule has 22 heavy (non-hydrogen) atoms. The molecule has 2 atom stereocenters. The number of urea groups is 1. The maximum absolute atomic E-state index is 12.7. The van der Waals surface area contributed by atoms with Crippen molar-refractivity contribution in [2.45, 2.75) is 59.2 Å². The number of pyridine rings is 1. The number of fused-ring (bicyclic) bond motifs is 1. The van der Waals surface area contributed by atoms with Crippen LogP contribution in [0.15, 0.2) is 18.3 Å². The van der Waals surface area contributed by atoms with E-state index < -0.39 is 6.04 Å². The van der Waals surface area contributed by atoms with Gasteiger partial charge in [0, 0.05) is 18.3 Å². The highest BCUT2D eigenvalue weighted by Gasteiger charge is 2.40. The van der Waals surface area contributed by atoms with Crippen LogP contribution in [0.4, 0.5) is 16.3 Å². The molecule has 0 fully saturated rings. The van der Waals surface area contributed by atoms with Crippen LogP contribution in [0.25, 0.3) is 0 Å². The average molecular weight is 304 g/mol. The zero-order chi connectivity index (χ0) is 16.4. The lowest BCUT2D eigenvalue weighted by molar-refractivity contribution is -0.120. The van der Waals surface area contributed by atoms with Gasteiger partial charge in [0.2, 0.25) is 0 Å². The molecule has 0 saturated carbocycles. The van der Waals surface area contributed by atoms with Gasteiger partial charge in [0.1, 0.15) is 6.04 Å². The summed E-state index contributed by atoms with van der Waals surface area (Å²) in [5, 5.41) is 2.92. The van der Waals surface area contributed by atoms with E-state index in [1.54, 1.807) is 24.1 Å². The van der Waals surface area contributed by atoms with Gasteiger partial charge in [0.25, 0.3) is 5.91 Å². The third-order valence-corrected chi connectivity index (χ3v) is 3.95. The lowest BCUT2D eigenvalue weighted by Crippen LogP contribution is -2.59. The van der Waals surface area contributed by atoms with Gasteiger partial charge in [-0.25, -0.2) is 9.78 Å². The van der Waals surface area contributed by atoms with E-state index in [4.69, 9.17) is 0 Å². The van der Waals surface area contributed by atoms with Gasteiger partial charge in [0.15, 0.2) is 5.82 Å². The van der Waals surface area contributed by atoms with Crippen molar-refractivity contribution in [3.63, 3.8) is 0 Å². The number of rotatable bonds is 3. The van der Waals surface area contributed by atoms with E-state index in [9.17, 15) is 9.59 Å². The van der Waals surface area contributed by atoms with Crippen LogP contribution in [0.3, 0.4) is 0 Å². The molecule has 1 aromatic rings. The minimum absolute atomic E-state index is 0.0108. The van der Waals surface area contributed by atoms with Crippen LogP contribution < -0.4 is 15.1 Å². The van der Waals surface area contributed by atoms with Crippen molar-refractivity contribution in [3.8, 4) is 0 Å². The number of amides is 3. The Morgan fingerprint density at radius 2 is 2.09 bits per heavy atom. The van der Waals surface area contributed by atoms with Crippen LogP contribution in [-0.4, -0.2) is 35.0 Å².